The first kappa shape index (κ1) is 41.8. The van der Waals surface area contributed by atoms with Crippen molar-refractivity contribution >= 4 is 91.3 Å². The van der Waals surface area contributed by atoms with Crippen molar-refractivity contribution in [3.05, 3.63) is 285 Å². The van der Waals surface area contributed by atoms with Gasteiger partial charge in [-0.25, -0.2) is 0 Å². The Hall–Kier alpha value is -9.32. The molecule has 2 aliphatic heterocycles. The lowest BCUT2D eigenvalue weighted by atomic mass is 9.33. The Kier molecular flexibility index (Phi) is 10.6. The Balaban J connectivity index is 1.10. The van der Waals surface area contributed by atoms with Crippen molar-refractivity contribution in [3.8, 4) is 22.3 Å². The fourth-order valence-corrected chi connectivity index (χ4v) is 11.0. The van der Waals surface area contributed by atoms with Gasteiger partial charge in [0.25, 0.3) is 6.71 Å². The van der Waals surface area contributed by atoms with Crippen LogP contribution in [0.4, 0.5) is 68.2 Å². The van der Waals surface area contributed by atoms with E-state index >= 15 is 0 Å². The highest BCUT2D eigenvalue weighted by Gasteiger charge is 2.44. The van der Waals surface area contributed by atoms with Gasteiger partial charge in [0.1, 0.15) is 0 Å². The van der Waals surface area contributed by atoms with Gasteiger partial charge in [-0.1, -0.05) is 188 Å². The summed E-state index contributed by atoms with van der Waals surface area (Å²) in [5.41, 5.74) is 21.8. The molecule has 0 unspecified atom stereocenters. The van der Waals surface area contributed by atoms with Gasteiger partial charge in [0.05, 0.1) is 11.4 Å². The van der Waals surface area contributed by atoms with E-state index in [0.717, 1.165) is 79.4 Å². The zero-order valence-corrected chi connectivity index (χ0v) is 39.0. The third-order valence-electron chi connectivity index (χ3n) is 14.0. The zero-order chi connectivity index (χ0) is 47.1. The van der Waals surface area contributed by atoms with E-state index in [1.165, 1.54) is 27.5 Å². The summed E-state index contributed by atoms with van der Waals surface area (Å²) in [5, 5.41) is 0. The molecule has 11 aromatic carbocycles. The first-order chi connectivity index (χ1) is 35.3. The molecule has 2 heterocycles. The Morgan fingerprint density at radius 3 is 0.915 bits per heavy atom. The van der Waals surface area contributed by atoms with Crippen molar-refractivity contribution in [3.63, 3.8) is 0 Å². The average Bonchev–Trinajstić information content (AvgIpc) is 3.45. The molecule has 11 aromatic rings. The number of fused-ring (bicyclic) bond motifs is 4. The SMILES string of the molecule is c1ccc(-c2ccccc2N2c3cc(N(c4ccccc4)c4ccccc4)ccc3B3c4ccc(N(c5ccccc5)c5ccccc5)cc4N(c4ccccc4-c4ccccc4)c4cccc2c43)cc1. The molecule has 4 nitrogen and oxygen atoms in total. The Labute approximate surface area is 416 Å². The van der Waals surface area contributed by atoms with Crippen molar-refractivity contribution < 1.29 is 0 Å². The second-order valence-electron chi connectivity index (χ2n) is 18.1. The van der Waals surface area contributed by atoms with Crippen molar-refractivity contribution in [2.24, 2.45) is 0 Å². The molecule has 0 radical (unpaired) electrons. The summed E-state index contributed by atoms with van der Waals surface area (Å²) in [6.45, 7) is -0.0987. The number of para-hydroxylation sites is 6. The van der Waals surface area contributed by atoms with Crippen LogP contribution in [-0.2, 0) is 0 Å². The maximum Gasteiger partial charge on any atom is 0.252 e. The van der Waals surface area contributed by atoms with Gasteiger partial charge in [0.2, 0.25) is 0 Å². The molecule has 0 N–H and O–H groups in total. The van der Waals surface area contributed by atoms with Crippen molar-refractivity contribution in [2.45, 2.75) is 0 Å². The molecule has 0 spiro atoms. The molecular formula is C66H47BN4. The molecule has 2 aliphatic rings. The van der Waals surface area contributed by atoms with Crippen LogP contribution in [-0.4, -0.2) is 6.71 Å². The van der Waals surface area contributed by atoms with E-state index in [1.807, 2.05) is 0 Å². The van der Waals surface area contributed by atoms with E-state index in [1.54, 1.807) is 0 Å². The molecule has 0 saturated heterocycles. The molecular weight excluding hydrogens is 860 g/mol. The molecule has 0 amide bonds. The minimum atomic E-state index is -0.0987. The van der Waals surface area contributed by atoms with Crippen LogP contribution in [0.2, 0.25) is 0 Å². The molecule has 0 bridgehead atoms. The van der Waals surface area contributed by atoms with Gasteiger partial charge < -0.3 is 19.6 Å². The molecule has 71 heavy (non-hydrogen) atoms. The van der Waals surface area contributed by atoms with Gasteiger partial charge in [-0.15, -0.1) is 0 Å². The lowest BCUT2D eigenvalue weighted by Gasteiger charge is -2.45. The molecule has 0 aliphatic carbocycles. The number of benzene rings is 11. The Morgan fingerprint density at radius 1 is 0.239 bits per heavy atom. The predicted molar refractivity (Wildman–Crippen MR) is 301 cm³/mol. The second-order valence-corrected chi connectivity index (χ2v) is 18.1. The predicted octanol–water partition coefficient (Wildman–Crippen LogP) is 16.0. The molecule has 0 saturated carbocycles. The summed E-state index contributed by atoms with van der Waals surface area (Å²) in [7, 11) is 0. The van der Waals surface area contributed by atoms with Gasteiger partial charge in [0, 0.05) is 68.0 Å². The summed E-state index contributed by atoms with van der Waals surface area (Å²) in [4.78, 5) is 9.83. The van der Waals surface area contributed by atoms with Crippen LogP contribution in [0, 0.1) is 0 Å². The summed E-state index contributed by atoms with van der Waals surface area (Å²) in [6.07, 6.45) is 0. The largest absolute Gasteiger partial charge is 0.311 e. The second kappa shape index (κ2) is 18.0. The average molecular weight is 907 g/mol. The number of rotatable bonds is 10. The first-order valence-corrected chi connectivity index (χ1v) is 24.4. The Morgan fingerprint density at radius 2 is 0.549 bits per heavy atom. The maximum absolute atomic E-state index is 2.54. The van der Waals surface area contributed by atoms with Crippen molar-refractivity contribution in [1.29, 1.82) is 0 Å². The van der Waals surface area contributed by atoms with Crippen molar-refractivity contribution in [1.82, 2.24) is 0 Å². The fraction of sp³-hybridized carbons (Fsp3) is 0. The maximum atomic E-state index is 2.54. The normalized spacial score (nSPS) is 12.1. The minimum Gasteiger partial charge on any atom is -0.311 e. The number of anilines is 12. The molecule has 13 rings (SSSR count). The standard InChI is InChI=1S/C66H47BN4/c1-7-24-48(25-8-1)56-36-19-21-38-60(56)70-62-40-23-41-63-66(62)67(58-44-42-54(46-64(58)70)68(50-28-11-3-12-29-50)51-30-13-4-14-31-51)59-45-43-55(69(52-32-15-5-16-33-52)53-34-17-6-18-35-53)47-65(59)71(63)61-39-22-20-37-57(61)49-26-9-2-10-27-49/h1-47H. The quantitative estimate of drug-likeness (QED) is 0.127. The summed E-state index contributed by atoms with van der Waals surface area (Å²) < 4.78 is 0. The lowest BCUT2D eigenvalue weighted by molar-refractivity contribution is 1.23. The van der Waals surface area contributed by atoms with Gasteiger partial charge in [0.15, 0.2) is 0 Å². The number of nitrogens with zero attached hydrogens (tertiary/aromatic N) is 4. The van der Waals surface area contributed by atoms with E-state index < -0.39 is 0 Å². The topological polar surface area (TPSA) is 13.0 Å². The molecule has 0 atom stereocenters. The van der Waals surface area contributed by atoms with E-state index in [4.69, 9.17) is 0 Å². The molecule has 0 fully saturated rings. The summed E-state index contributed by atoms with van der Waals surface area (Å²) in [5.74, 6) is 0. The Bertz CT molecular complexity index is 3350. The zero-order valence-electron chi connectivity index (χ0n) is 39.0. The van der Waals surface area contributed by atoms with Gasteiger partial charge in [-0.05, 0) is 125 Å². The lowest BCUT2D eigenvalue weighted by Crippen LogP contribution is -2.61. The highest BCUT2D eigenvalue weighted by atomic mass is 15.2. The molecule has 5 heteroatoms. The van der Waals surface area contributed by atoms with Crippen LogP contribution < -0.4 is 36.0 Å². The summed E-state index contributed by atoms with van der Waals surface area (Å²) in [6, 6.07) is 104. The van der Waals surface area contributed by atoms with Crippen LogP contribution in [0.5, 0.6) is 0 Å². The van der Waals surface area contributed by atoms with Crippen LogP contribution >= 0.6 is 0 Å². The van der Waals surface area contributed by atoms with Crippen LogP contribution in [0.3, 0.4) is 0 Å². The monoisotopic (exact) mass is 906 g/mol. The number of hydrogen-bond acceptors (Lipinski definition) is 4. The van der Waals surface area contributed by atoms with E-state index in [-0.39, 0.29) is 6.71 Å². The van der Waals surface area contributed by atoms with Gasteiger partial charge in [-0.2, -0.15) is 0 Å². The van der Waals surface area contributed by atoms with E-state index in [2.05, 4.69) is 305 Å². The van der Waals surface area contributed by atoms with Crippen LogP contribution in [0.1, 0.15) is 0 Å². The number of hydrogen-bond donors (Lipinski definition) is 0. The van der Waals surface area contributed by atoms with E-state index in [0.29, 0.717) is 0 Å². The van der Waals surface area contributed by atoms with Crippen LogP contribution in [0.15, 0.2) is 285 Å². The molecule has 334 valence electrons. The minimum absolute atomic E-state index is 0.0987. The van der Waals surface area contributed by atoms with Crippen LogP contribution in [0.25, 0.3) is 22.3 Å². The van der Waals surface area contributed by atoms with E-state index in [9.17, 15) is 0 Å². The van der Waals surface area contributed by atoms with Gasteiger partial charge in [-0.3, -0.25) is 0 Å². The first-order valence-electron chi connectivity index (χ1n) is 24.4. The van der Waals surface area contributed by atoms with Gasteiger partial charge >= 0.3 is 0 Å². The van der Waals surface area contributed by atoms with Crippen molar-refractivity contribution in [2.75, 3.05) is 19.6 Å². The smallest absolute Gasteiger partial charge is 0.252 e. The summed E-state index contributed by atoms with van der Waals surface area (Å²) >= 11 is 0. The third-order valence-corrected chi connectivity index (χ3v) is 14.0. The highest BCUT2D eigenvalue weighted by Crippen LogP contribution is 2.50. The fourth-order valence-electron chi connectivity index (χ4n) is 11.0. The third kappa shape index (κ3) is 7.34. The molecule has 0 aromatic heterocycles. The highest BCUT2D eigenvalue weighted by molar-refractivity contribution is 7.00.